The smallest absolute Gasteiger partial charge is 0.228 e. The predicted molar refractivity (Wildman–Crippen MR) is 56.4 cm³/mol. The Morgan fingerprint density at radius 1 is 1.62 bits per heavy atom. The van der Waals surface area contributed by atoms with E-state index in [0.29, 0.717) is 25.3 Å². The third-order valence-electron chi connectivity index (χ3n) is 2.93. The summed E-state index contributed by atoms with van der Waals surface area (Å²) in [4.78, 5) is 15.4. The number of carbonyl (C=O) groups excluding carboxylic acids is 1. The Balaban J connectivity index is 1.64. The van der Waals surface area contributed by atoms with Crippen molar-refractivity contribution in [1.29, 1.82) is 0 Å². The van der Waals surface area contributed by atoms with E-state index in [2.05, 4.69) is 15.5 Å². The second kappa shape index (κ2) is 4.61. The molecule has 0 radical (unpaired) electrons. The van der Waals surface area contributed by atoms with Crippen molar-refractivity contribution >= 4 is 5.91 Å². The van der Waals surface area contributed by atoms with Crippen LogP contribution in [0.2, 0.25) is 0 Å². The van der Waals surface area contributed by atoms with Gasteiger partial charge in [-0.1, -0.05) is 5.16 Å². The summed E-state index contributed by atoms with van der Waals surface area (Å²) in [6.45, 7) is 0.511. The largest absolute Gasteiger partial charge is 0.356 e. The lowest BCUT2D eigenvalue weighted by Gasteiger charge is -2.37. The first-order valence-corrected chi connectivity index (χ1v) is 5.49. The first-order valence-electron chi connectivity index (χ1n) is 5.49. The molecule has 16 heavy (non-hydrogen) atoms. The van der Waals surface area contributed by atoms with E-state index in [0.717, 1.165) is 19.3 Å². The van der Waals surface area contributed by atoms with Crippen molar-refractivity contribution < 1.29 is 9.32 Å². The Bertz CT molecular complexity index is 346. The fraction of sp³-hybridized carbons (Fsp3) is 0.700. The van der Waals surface area contributed by atoms with Crippen LogP contribution in [-0.4, -0.2) is 28.1 Å². The number of rotatable bonds is 5. The molecule has 88 valence electrons. The molecule has 1 saturated carbocycles. The Hall–Kier alpha value is -1.43. The second-order valence-electron chi connectivity index (χ2n) is 4.33. The van der Waals surface area contributed by atoms with E-state index >= 15 is 0 Å². The molecule has 3 N–H and O–H groups in total. The molecule has 2 rings (SSSR count). The van der Waals surface area contributed by atoms with Gasteiger partial charge in [-0.15, -0.1) is 0 Å². The Morgan fingerprint density at radius 2 is 2.44 bits per heavy atom. The van der Waals surface area contributed by atoms with Crippen LogP contribution in [0, 0.1) is 0 Å². The second-order valence-corrected chi connectivity index (χ2v) is 4.33. The number of nitrogens with zero attached hydrogens (tertiary/aromatic N) is 2. The minimum Gasteiger partial charge on any atom is -0.356 e. The first-order chi connectivity index (χ1) is 7.68. The van der Waals surface area contributed by atoms with Crippen LogP contribution in [-0.2, 0) is 11.2 Å². The summed E-state index contributed by atoms with van der Waals surface area (Å²) in [6.07, 6.45) is 5.35. The van der Waals surface area contributed by atoms with Gasteiger partial charge in [0.25, 0.3) is 0 Å². The highest BCUT2D eigenvalue weighted by Crippen LogP contribution is 2.31. The van der Waals surface area contributed by atoms with Crippen LogP contribution < -0.4 is 11.1 Å². The van der Waals surface area contributed by atoms with Gasteiger partial charge in [-0.25, -0.2) is 0 Å². The molecule has 0 unspecified atom stereocenters. The fourth-order valence-electron chi connectivity index (χ4n) is 1.80. The topological polar surface area (TPSA) is 94.0 Å². The number of nitrogens with two attached hydrogens (primary N) is 1. The van der Waals surface area contributed by atoms with Crippen LogP contribution in [0.3, 0.4) is 0 Å². The molecule has 6 heteroatoms. The molecule has 0 aromatic carbocycles. The van der Waals surface area contributed by atoms with Crippen LogP contribution in [0.25, 0.3) is 0 Å². The molecule has 1 fully saturated rings. The quantitative estimate of drug-likeness (QED) is 0.734. The summed E-state index contributed by atoms with van der Waals surface area (Å²) in [5.41, 5.74) is 5.71. The van der Waals surface area contributed by atoms with Gasteiger partial charge < -0.3 is 15.6 Å². The van der Waals surface area contributed by atoms with Crippen molar-refractivity contribution in [1.82, 2.24) is 15.5 Å². The maximum Gasteiger partial charge on any atom is 0.228 e. The summed E-state index contributed by atoms with van der Waals surface area (Å²) in [5, 5.41) is 6.28. The molecule has 1 aromatic rings. The number of nitrogens with one attached hydrogen (secondary N) is 1. The maximum atomic E-state index is 11.5. The monoisotopic (exact) mass is 224 g/mol. The van der Waals surface area contributed by atoms with E-state index in [9.17, 15) is 4.79 Å². The lowest BCUT2D eigenvalue weighted by Crippen LogP contribution is -2.50. The van der Waals surface area contributed by atoms with E-state index in [1.54, 1.807) is 0 Å². The minimum absolute atomic E-state index is 0.00159. The lowest BCUT2D eigenvalue weighted by molar-refractivity contribution is -0.122. The Morgan fingerprint density at radius 3 is 3.00 bits per heavy atom. The number of carbonyl (C=O) groups is 1. The third kappa shape index (κ3) is 2.79. The van der Waals surface area contributed by atoms with Crippen LogP contribution in [0.5, 0.6) is 0 Å². The summed E-state index contributed by atoms with van der Waals surface area (Å²) in [7, 11) is 0. The zero-order valence-electron chi connectivity index (χ0n) is 9.11. The van der Waals surface area contributed by atoms with E-state index in [4.69, 9.17) is 10.3 Å². The maximum absolute atomic E-state index is 11.5. The van der Waals surface area contributed by atoms with Crippen molar-refractivity contribution in [3.63, 3.8) is 0 Å². The normalized spacial score (nSPS) is 17.8. The highest BCUT2D eigenvalue weighted by Gasteiger charge is 2.34. The number of hydrogen-bond donors (Lipinski definition) is 2. The molecule has 1 aromatic heterocycles. The Kier molecular flexibility index (Phi) is 3.19. The molecule has 1 amide bonds. The molecule has 0 bridgehead atoms. The predicted octanol–water partition coefficient (Wildman–Crippen LogP) is -0.000200. The molecule has 6 nitrogen and oxygen atoms in total. The molecule has 1 aliphatic rings. The number of hydrogen-bond acceptors (Lipinski definition) is 5. The summed E-state index contributed by atoms with van der Waals surface area (Å²) < 4.78 is 4.81. The van der Waals surface area contributed by atoms with Gasteiger partial charge in [-0.2, -0.15) is 4.98 Å². The van der Waals surface area contributed by atoms with Crippen LogP contribution in [0.1, 0.15) is 31.6 Å². The van der Waals surface area contributed by atoms with E-state index in [1.165, 1.54) is 6.33 Å². The van der Waals surface area contributed by atoms with Gasteiger partial charge >= 0.3 is 0 Å². The molecule has 0 spiro atoms. The molecule has 1 heterocycles. The SMILES string of the molecule is NC1(CC(=O)NCCc2ncno2)CCC1. The van der Waals surface area contributed by atoms with E-state index in [1.807, 2.05) is 0 Å². The van der Waals surface area contributed by atoms with Crippen molar-refractivity contribution in [3.8, 4) is 0 Å². The molecular formula is C10H16N4O2. The van der Waals surface area contributed by atoms with E-state index in [-0.39, 0.29) is 11.4 Å². The van der Waals surface area contributed by atoms with Gasteiger partial charge in [-0.05, 0) is 19.3 Å². The van der Waals surface area contributed by atoms with Crippen LogP contribution in [0.15, 0.2) is 10.9 Å². The third-order valence-corrected chi connectivity index (χ3v) is 2.93. The van der Waals surface area contributed by atoms with Crippen LogP contribution >= 0.6 is 0 Å². The highest BCUT2D eigenvalue weighted by molar-refractivity contribution is 5.77. The van der Waals surface area contributed by atoms with Gasteiger partial charge in [0.05, 0.1) is 0 Å². The zero-order valence-corrected chi connectivity index (χ0v) is 9.11. The van der Waals surface area contributed by atoms with Crippen molar-refractivity contribution in [2.75, 3.05) is 6.54 Å². The lowest BCUT2D eigenvalue weighted by atomic mass is 9.75. The molecule has 1 aliphatic carbocycles. The van der Waals surface area contributed by atoms with E-state index < -0.39 is 0 Å². The molecule has 0 saturated heterocycles. The zero-order chi connectivity index (χ0) is 11.4. The first kappa shape index (κ1) is 11.1. The highest BCUT2D eigenvalue weighted by atomic mass is 16.5. The average Bonchev–Trinajstić information content (AvgIpc) is 2.68. The van der Waals surface area contributed by atoms with Gasteiger partial charge in [0.15, 0.2) is 6.33 Å². The number of amides is 1. The van der Waals surface area contributed by atoms with Gasteiger partial charge in [0.1, 0.15) is 0 Å². The van der Waals surface area contributed by atoms with Crippen LogP contribution in [0.4, 0.5) is 0 Å². The molecule has 0 atom stereocenters. The fourth-order valence-corrected chi connectivity index (χ4v) is 1.80. The Labute approximate surface area is 93.6 Å². The molecular weight excluding hydrogens is 208 g/mol. The minimum atomic E-state index is -0.255. The summed E-state index contributed by atoms with van der Waals surface area (Å²) >= 11 is 0. The standard InChI is InChI=1S/C10H16N4O2/c11-10(3-1-4-10)6-8(15)12-5-2-9-13-7-14-16-9/h7H,1-6,11H2,(H,12,15). The summed E-state index contributed by atoms with van der Waals surface area (Å²) in [5.74, 6) is 0.535. The number of aromatic nitrogens is 2. The van der Waals surface area contributed by atoms with Crippen molar-refractivity contribution in [2.24, 2.45) is 5.73 Å². The van der Waals surface area contributed by atoms with Crippen molar-refractivity contribution in [2.45, 2.75) is 37.6 Å². The van der Waals surface area contributed by atoms with Gasteiger partial charge in [0, 0.05) is 24.9 Å². The molecule has 0 aliphatic heterocycles. The van der Waals surface area contributed by atoms with Crippen molar-refractivity contribution in [3.05, 3.63) is 12.2 Å². The van der Waals surface area contributed by atoms with Gasteiger partial charge in [-0.3, -0.25) is 4.79 Å². The average molecular weight is 224 g/mol. The van der Waals surface area contributed by atoms with Gasteiger partial charge in [0.2, 0.25) is 11.8 Å². The summed E-state index contributed by atoms with van der Waals surface area (Å²) in [6, 6.07) is 0.